The fraction of sp³-hybridized carbons (Fsp3) is 0.364. The minimum Gasteiger partial charge on any atom is -0.495 e. The van der Waals surface area contributed by atoms with Gasteiger partial charge in [-0.15, -0.1) is 0 Å². The van der Waals surface area contributed by atoms with Crippen LogP contribution in [0.4, 0.5) is 5.95 Å². The number of fused-ring (bicyclic) bond motifs is 1. The lowest BCUT2D eigenvalue weighted by atomic mass is 10.0. The van der Waals surface area contributed by atoms with E-state index in [1.807, 2.05) is 18.2 Å². The van der Waals surface area contributed by atoms with Gasteiger partial charge in [-0.25, -0.2) is 9.97 Å². The maximum Gasteiger partial charge on any atom is 0.223 e. The predicted octanol–water partition coefficient (Wildman–Crippen LogP) is 5.55. The summed E-state index contributed by atoms with van der Waals surface area (Å²) in [5.41, 5.74) is 8.14. The van der Waals surface area contributed by atoms with Crippen molar-refractivity contribution in [3.8, 4) is 22.6 Å². The minimum atomic E-state index is 0.156. The zero-order valence-corrected chi connectivity index (χ0v) is 18.8. The molecule has 0 saturated carbocycles. The van der Waals surface area contributed by atoms with Crippen LogP contribution in [0.3, 0.4) is 0 Å². The van der Waals surface area contributed by atoms with E-state index in [1.165, 1.54) is 0 Å². The molecule has 160 valence electrons. The fourth-order valence-electron chi connectivity index (χ4n) is 3.28. The van der Waals surface area contributed by atoms with Gasteiger partial charge in [-0.05, 0) is 24.1 Å². The Morgan fingerprint density at radius 2 is 1.80 bits per heavy atom. The Bertz CT molecular complexity index is 1000. The maximum atomic E-state index is 6.55. The van der Waals surface area contributed by atoms with Crippen LogP contribution in [0, 0.1) is 0 Å². The summed E-state index contributed by atoms with van der Waals surface area (Å²) >= 11 is 13.1. The van der Waals surface area contributed by atoms with E-state index in [0.717, 1.165) is 35.7 Å². The van der Waals surface area contributed by atoms with E-state index in [-0.39, 0.29) is 6.04 Å². The first-order chi connectivity index (χ1) is 14.5. The van der Waals surface area contributed by atoms with E-state index < -0.39 is 0 Å². The lowest BCUT2D eigenvalue weighted by molar-refractivity contribution is 0.395. The van der Waals surface area contributed by atoms with Gasteiger partial charge >= 0.3 is 0 Å². The second-order valence-corrected chi connectivity index (χ2v) is 7.73. The van der Waals surface area contributed by atoms with Crippen LogP contribution in [0.1, 0.15) is 26.2 Å². The largest absolute Gasteiger partial charge is 0.495 e. The molecule has 0 fully saturated rings. The van der Waals surface area contributed by atoms with Crippen LogP contribution in [0.15, 0.2) is 30.5 Å². The molecule has 0 radical (unpaired) electrons. The number of benzene rings is 2. The predicted molar refractivity (Wildman–Crippen MR) is 124 cm³/mol. The van der Waals surface area contributed by atoms with Crippen molar-refractivity contribution in [2.75, 3.05) is 26.1 Å². The van der Waals surface area contributed by atoms with Crippen LogP contribution in [-0.2, 0) is 0 Å². The van der Waals surface area contributed by atoms with Crippen LogP contribution in [0.2, 0.25) is 10.0 Å². The number of ether oxygens (including phenoxy) is 2. The van der Waals surface area contributed by atoms with E-state index >= 15 is 0 Å². The van der Waals surface area contributed by atoms with Crippen molar-refractivity contribution in [2.24, 2.45) is 5.73 Å². The Morgan fingerprint density at radius 1 is 1.10 bits per heavy atom. The molecule has 0 aliphatic rings. The van der Waals surface area contributed by atoms with Crippen LogP contribution in [0.25, 0.3) is 22.0 Å². The second kappa shape index (κ2) is 10.2. The Kier molecular flexibility index (Phi) is 7.58. The monoisotopic (exact) mass is 448 g/mol. The SMILES string of the molecule is CCCCC(CN)Nc1ncc2cc(-c3c(Cl)c(OC)cc(OC)c3Cl)ccc2n1. The third-order valence-corrected chi connectivity index (χ3v) is 5.72. The van der Waals surface area contributed by atoms with E-state index in [2.05, 4.69) is 22.2 Å². The molecule has 3 aromatic rings. The summed E-state index contributed by atoms with van der Waals surface area (Å²) in [6.07, 6.45) is 5.00. The summed E-state index contributed by atoms with van der Waals surface area (Å²) < 4.78 is 10.7. The first-order valence-electron chi connectivity index (χ1n) is 9.86. The lowest BCUT2D eigenvalue weighted by Gasteiger charge is -2.17. The van der Waals surface area contributed by atoms with Crippen molar-refractivity contribution >= 4 is 40.1 Å². The first kappa shape index (κ1) is 22.4. The Balaban J connectivity index is 1.97. The molecule has 8 heteroatoms. The summed E-state index contributed by atoms with van der Waals surface area (Å²) in [5.74, 6) is 1.55. The highest BCUT2D eigenvalue weighted by molar-refractivity contribution is 6.41. The third kappa shape index (κ3) is 4.72. The molecule has 0 spiro atoms. The van der Waals surface area contributed by atoms with Crippen LogP contribution in [0.5, 0.6) is 11.5 Å². The average Bonchev–Trinajstić information content (AvgIpc) is 2.76. The van der Waals surface area contributed by atoms with E-state index in [4.69, 9.17) is 38.4 Å². The van der Waals surface area contributed by atoms with Crippen molar-refractivity contribution in [1.29, 1.82) is 0 Å². The minimum absolute atomic E-state index is 0.156. The number of methoxy groups -OCH3 is 2. The van der Waals surface area contributed by atoms with E-state index in [1.54, 1.807) is 26.5 Å². The number of nitrogens with one attached hydrogen (secondary N) is 1. The summed E-state index contributed by atoms with van der Waals surface area (Å²) in [6.45, 7) is 2.70. The fourth-order valence-corrected chi connectivity index (χ4v) is 4.00. The van der Waals surface area contributed by atoms with Gasteiger partial charge in [-0.2, -0.15) is 0 Å². The number of hydrogen-bond acceptors (Lipinski definition) is 6. The lowest BCUT2D eigenvalue weighted by Crippen LogP contribution is -2.29. The van der Waals surface area contributed by atoms with Gasteiger partial charge in [0.2, 0.25) is 5.95 Å². The molecule has 0 amide bonds. The molecule has 0 bridgehead atoms. The molecule has 1 aromatic heterocycles. The van der Waals surface area contributed by atoms with Crippen LogP contribution in [-0.4, -0.2) is 36.8 Å². The zero-order chi connectivity index (χ0) is 21.7. The van der Waals surface area contributed by atoms with Gasteiger partial charge in [0, 0.05) is 35.8 Å². The number of anilines is 1. The highest BCUT2D eigenvalue weighted by atomic mass is 35.5. The second-order valence-electron chi connectivity index (χ2n) is 6.97. The number of halogens is 2. The highest BCUT2D eigenvalue weighted by Crippen LogP contribution is 2.46. The average molecular weight is 449 g/mol. The molecule has 1 heterocycles. The molecule has 2 aromatic carbocycles. The Hall–Kier alpha value is -2.28. The topological polar surface area (TPSA) is 82.3 Å². The van der Waals surface area contributed by atoms with Crippen molar-refractivity contribution in [1.82, 2.24) is 9.97 Å². The summed E-state index contributed by atoms with van der Waals surface area (Å²) in [5, 5.41) is 5.03. The zero-order valence-electron chi connectivity index (χ0n) is 17.3. The summed E-state index contributed by atoms with van der Waals surface area (Å²) in [7, 11) is 3.10. The molecule has 0 saturated heterocycles. The van der Waals surface area contributed by atoms with Crippen molar-refractivity contribution < 1.29 is 9.47 Å². The molecule has 0 aliphatic carbocycles. The van der Waals surface area contributed by atoms with Crippen molar-refractivity contribution in [3.63, 3.8) is 0 Å². The van der Waals surface area contributed by atoms with E-state index in [0.29, 0.717) is 39.6 Å². The number of nitrogens with two attached hydrogens (primary N) is 1. The molecule has 0 aliphatic heterocycles. The normalized spacial score (nSPS) is 12.1. The smallest absolute Gasteiger partial charge is 0.223 e. The summed E-state index contributed by atoms with van der Waals surface area (Å²) in [6, 6.07) is 7.61. The van der Waals surface area contributed by atoms with Gasteiger partial charge in [0.15, 0.2) is 0 Å². The van der Waals surface area contributed by atoms with Gasteiger partial charge in [0.1, 0.15) is 11.5 Å². The Morgan fingerprint density at radius 3 is 2.40 bits per heavy atom. The molecular weight excluding hydrogens is 423 g/mol. The van der Waals surface area contributed by atoms with Gasteiger partial charge in [-0.1, -0.05) is 49.0 Å². The number of aromatic nitrogens is 2. The summed E-state index contributed by atoms with van der Waals surface area (Å²) in [4.78, 5) is 9.08. The maximum absolute atomic E-state index is 6.55. The standard InChI is InChI=1S/C22H26Cl2N4O2/c1-4-5-6-15(11-25)27-22-26-12-14-9-13(7-8-16(14)28-22)19-20(23)17(29-2)10-18(30-3)21(19)24/h7-10,12,15H,4-6,11,25H2,1-3H3,(H,26,27,28). The van der Waals surface area contributed by atoms with Crippen molar-refractivity contribution in [2.45, 2.75) is 32.2 Å². The molecular formula is C22H26Cl2N4O2. The van der Waals surface area contributed by atoms with E-state index in [9.17, 15) is 0 Å². The van der Waals surface area contributed by atoms with Gasteiger partial charge in [-0.3, -0.25) is 0 Å². The quantitative estimate of drug-likeness (QED) is 0.446. The highest BCUT2D eigenvalue weighted by Gasteiger charge is 2.19. The van der Waals surface area contributed by atoms with Gasteiger partial charge in [0.05, 0.1) is 29.8 Å². The Labute approximate surface area is 186 Å². The number of unbranched alkanes of at least 4 members (excludes halogenated alkanes) is 1. The van der Waals surface area contributed by atoms with Gasteiger partial charge < -0.3 is 20.5 Å². The molecule has 6 nitrogen and oxygen atoms in total. The number of nitrogens with zero attached hydrogens (tertiary/aromatic N) is 2. The third-order valence-electron chi connectivity index (χ3n) is 4.97. The van der Waals surface area contributed by atoms with Crippen LogP contribution < -0.4 is 20.5 Å². The number of rotatable bonds is 9. The number of hydrogen-bond donors (Lipinski definition) is 2. The molecule has 3 rings (SSSR count). The molecule has 30 heavy (non-hydrogen) atoms. The van der Waals surface area contributed by atoms with Crippen molar-refractivity contribution in [3.05, 3.63) is 40.5 Å². The van der Waals surface area contributed by atoms with Gasteiger partial charge in [0.25, 0.3) is 0 Å². The first-order valence-corrected chi connectivity index (χ1v) is 10.6. The molecule has 1 atom stereocenters. The van der Waals surface area contributed by atoms with Crippen LogP contribution >= 0.6 is 23.2 Å². The molecule has 1 unspecified atom stereocenters. The molecule has 3 N–H and O–H groups in total.